The quantitative estimate of drug-likeness (QED) is 0.752. The van der Waals surface area contributed by atoms with Crippen molar-refractivity contribution in [1.29, 1.82) is 0 Å². The summed E-state index contributed by atoms with van der Waals surface area (Å²) in [6.07, 6.45) is 0. The van der Waals surface area contributed by atoms with E-state index in [1.807, 2.05) is 49.1 Å². The smallest absolute Gasteiger partial charge is 0.180 e. The van der Waals surface area contributed by atoms with Crippen LogP contribution in [0.2, 0.25) is 5.02 Å². The lowest BCUT2D eigenvalue weighted by atomic mass is 10.0. The van der Waals surface area contributed by atoms with Gasteiger partial charge in [-0.2, -0.15) is 0 Å². The maximum absolute atomic E-state index is 12.0. The number of nitrogens with zero attached hydrogens (tertiary/aromatic N) is 2. The van der Waals surface area contributed by atoms with Gasteiger partial charge in [-0.15, -0.1) is 0 Å². The van der Waals surface area contributed by atoms with Crippen molar-refractivity contribution in [1.82, 2.24) is 0 Å². The van der Waals surface area contributed by atoms with Gasteiger partial charge in [0.05, 0.1) is 22.8 Å². The number of allylic oxidation sites excluding steroid dienone is 1. The van der Waals surface area contributed by atoms with Gasteiger partial charge >= 0.3 is 0 Å². The van der Waals surface area contributed by atoms with E-state index in [0.717, 1.165) is 28.2 Å². The molecule has 0 saturated carbocycles. The number of carbonyl (C=O) groups excluding carboxylic acids is 1. The Bertz CT molecular complexity index is 847. The zero-order valence-electron chi connectivity index (χ0n) is 13.4. The third-order valence-electron chi connectivity index (χ3n) is 3.95. The summed E-state index contributed by atoms with van der Waals surface area (Å²) in [7, 11) is 0. The minimum absolute atomic E-state index is 0.105. The molecule has 0 saturated heterocycles. The Morgan fingerprint density at radius 2 is 1.83 bits per heavy atom. The number of benzene rings is 2. The molecule has 0 aliphatic carbocycles. The number of rotatable bonds is 2. The number of hydrogen-bond donors (Lipinski definition) is 0. The van der Waals surface area contributed by atoms with E-state index in [-0.39, 0.29) is 5.78 Å². The first-order valence-corrected chi connectivity index (χ1v) is 7.72. The Balaban J connectivity index is 2.32. The summed E-state index contributed by atoms with van der Waals surface area (Å²) in [5, 5.41) is 0.620. The largest absolute Gasteiger partial charge is 0.306 e. The molecular formula is C19H17ClN2O. The number of carbonyl (C=O) groups is 1. The topological polar surface area (TPSA) is 32.7 Å². The number of Topliss-reactive ketones (excluding diaryl/α,β-unsaturated/α-hetero) is 1. The highest BCUT2D eigenvalue weighted by Gasteiger charge is 2.29. The highest BCUT2D eigenvalue weighted by atomic mass is 35.5. The number of aliphatic imine (C=N–C) groups is 1. The second-order valence-corrected chi connectivity index (χ2v) is 6.11. The zero-order valence-corrected chi connectivity index (χ0v) is 14.1. The molecule has 0 radical (unpaired) electrons. The minimum Gasteiger partial charge on any atom is -0.306 e. The van der Waals surface area contributed by atoms with E-state index in [1.54, 1.807) is 6.07 Å². The Labute approximate surface area is 140 Å². The van der Waals surface area contributed by atoms with Crippen molar-refractivity contribution in [2.24, 2.45) is 4.99 Å². The molecule has 1 aliphatic heterocycles. The van der Waals surface area contributed by atoms with Crippen LogP contribution in [-0.2, 0) is 4.79 Å². The van der Waals surface area contributed by atoms with E-state index in [0.29, 0.717) is 16.4 Å². The second-order valence-electron chi connectivity index (χ2n) is 5.67. The van der Waals surface area contributed by atoms with Crippen LogP contribution in [0, 0.1) is 13.8 Å². The van der Waals surface area contributed by atoms with Crippen LogP contribution in [0.5, 0.6) is 0 Å². The molecule has 0 aromatic heterocycles. The van der Waals surface area contributed by atoms with E-state index in [4.69, 9.17) is 11.6 Å². The molecule has 116 valence electrons. The molecule has 23 heavy (non-hydrogen) atoms. The van der Waals surface area contributed by atoms with Crippen LogP contribution in [0.1, 0.15) is 18.1 Å². The van der Waals surface area contributed by atoms with Crippen molar-refractivity contribution in [2.75, 3.05) is 4.90 Å². The van der Waals surface area contributed by atoms with Crippen molar-refractivity contribution >= 4 is 40.2 Å². The molecule has 0 amide bonds. The average molecular weight is 325 g/mol. The third-order valence-corrected chi connectivity index (χ3v) is 4.19. The van der Waals surface area contributed by atoms with Gasteiger partial charge < -0.3 is 4.90 Å². The van der Waals surface area contributed by atoms with Gasteiger partial charge in [0.15, 0.2) is 5.78 Å². The number of fused-ring (bicyclic) bond motifs is 1. The van der Waals surface area contributed by atoms with Crippen LogP contribution in [0.15, 0.2) is 53.7 Å². The molecule has 1 heterocycles. The lowest BCUT2D eigenvalue weighted by molar-refractivity contribution is -0.111. The summed E-state index contributed by atoms with van der Waals surface area (Å²) in [6, 6.07) is 11.6. The number of halogens is 1. The van der Waals surface area contributed by atoms with E-state index < -0.39 is 0 Å². The fourth-order valence-corrected chi connectivity index (χ4v) is 3.07. The average Bonchev–Trinajstić information content (AvgIpc) is 2.48. The Kier molecular flexibility index (Phi) is 3.82. The molecule has 1 aliphatic rings. The standard InChI is InChI=1S/C19H17ClN2O/c1-11-6-5-7-12(2)19(11)22-13(3)18(14(4)23)21-16-9-8-15(20)10-17(16)22/h5-10H,3H2,1-2,4H3. The molecule has 2 aromatic carbocycles. The molecule has 0 spiro atoms. The van der Waals surface area contributed by atoms with Crippen molar-refractivity contribution in [3.63, 3.8) is 0 Å². The first-order chi connectivity index (χ1) is 10.9. The Morgan fingerprint density at radius 3 is 2.43 bits per heavy atom. The summed E-state index contributed by atoms with van der Waals surface area (Å²) in [5.74, 6) is -0.105. The first kappa shape index (κ1) is 15.5. The molecule has 3 rings (SSSR count). The van der Waals surface area contributed by atoms with Crippen LogP contribution in [0.25, 0.3) is 0 Å². The van der Waals surface area contributed by atoms with Crippen molar-refractivity contribution < 1.29 is 4.79 Å². The molecule has 0 unspecified atom stereocenters. The van der Waals surface area contributed by atoms with Gasteiger partial charge in [-0.3, -0.25) is 4.79 Å². The van der Waals surface area contributed by atoms with Gasteiger partial charge in [-0.25, -0.2) is 4.99 Å². The number of aryl methyl sites for hydroxylation is 2. The van der Waals surface area contributed by atoms with Crippen LogP contribution >= 0.6 is 11.6 Å². The molecule has 3 nitrogen and oxygen atoms in total. The predicted octanol–water partition coefficient (Wildman–Crippen LogP) is 5.28. The fraction of sp³-hybridized carbons (Fsp3) is 0.158. The highest BCUT2D eigenvalue weighted by Crippen LogP contribution is 2.44. The van der Waals surface area contributed by atoms with Gasteiger partial charge in [-0.05, 0) is 43.2 Å². The van der Waals surface area contributed by atoms with E-state index in [9.17, 15) is 4.79 Å². The number of para-hydroxylation sites is 1. The van der Waals surface area contributed by atoms with Crippen molar-refractivity contribution in [2.45, 2.75) is 20.8 Å². The molecule has 0 N–H and O–H groups in total. The number of hydrogen-bond acceptors (Lipinski definition) is 3. The minimum atomic E-state index is -0.105. The summed E-state index contributed by atoms with van der Waals surface area (Å²) in [6.45, 7) is 9.71. The second kappa shape index (κ2) is 5.67. The predicted molar refractivity (Wildman–Crippen MR) is 96.4 cm³/mol. The highest BCUT2D eigenvalue weighted by molar-refractivity contribution is 6.47. The van der Waals surface area contributed by atoms with Gasteiger partial charge in [0.25, 0.3) is 0 Å². The Hall–Kier alpha value is -2.39. The molecule has 0 fully saturated rings. The van der Waals surface area contributed by atoms with Gasteiger partial charge in [0.1, 0.15) is 5.71 Å². The van der Waals surface area contributed by atoms with Gasteiger partial charge in [0.2, 0.25) is 0 Å². The van der Waals surface area contributed by atoms with E-state index in [2.05, 4.69) is 11.6 Å². The fourth-order valence-electron chi connectivity index (χ4n) is 2.90. The third kappa shape index (κ3) is 2.57. The van der Waals surface area contributed by atoms with E-state index >= 15 is 0 Å². The SMILES string of the molecule is C=C1C(C(C)=O)=Nc2ccc(Cl)cc2N1c1c(C)cccc1C. The number of ketones is 1. The van der Waals surface area contributed by atoms with E-state index in [1.165, 1.54) is 6.92 Å². The first-order valence-electron chi connectivity index (χ1n) is 7.35. The van der Waals surface area contributed by atoms with Crippen molar-refractivity contribution in [3.8, 4) is 0 Å². The molecule has 4 heteroatoms. The van der Waals surface area contributed by atoms with Gasteiger partial charge in [0, 0.05) is 11.9 Å². The lowest BCUT2D eigenvalue weighted by Gasteiger charge is -2.34. The monoisotopic (exact) mass is 324 g/mol. The summed E-state index contributed by atoms with van der Waals surface area (Å²) >= 11 is 6.18. The maximum Gasteiger partial charge on any atom is 0.180 e. The normalized spacial score (nSPS) is 13.7. The zero-order chi connectivity index (χ0) is 16.7. The molecule has 0 bridgehead atoms. The molecular weight excluding hydrogens is 308 g/mol. The van der Waals surface area contributed by atoms with Crippen LogP contribution in [0.3, 0.4) is 0 Å². The summed E-state index contributed by atoms with van der Waals surface area (Å²) < 4.78 is 0. The molecule has 2 aromatic rings. The van der Waals surface area contributed by atoms with Crippen LogP contribution in [0.4, 0.5) is 17.1 Å². The van der Waals surface area contributed by atoms with Crippen molar-refractivity contribution in [3.05, 3.63) is 64.8 Å². The lowest BCUT2D eigenvalue weighted by Crippen LogP contribution is -2.29. The maximum atomic E-state index is 12.0. The Morgan fingerprint density at radius 1 is 1.17 bits per heavy atom. The number of anilines is 2. The van der Waals surface area contributed by atoms with Crippen LogP contribution < -0.4 is 4.90 Å². The molecule has 0 atom stereocenters. The van der Waals surface area contributed by atoms with Gasteiger partial charge in [-0.1, -0.05) is 36.4 Å². The summed E-state index contributed by atoms with van der Waals surface area (Å²) in [5.41, 5.74) is 5.71. The summed E-state index contributed by atoms with van der Waals surface area (Å²) in [4.78, 5) is 18.4. The van der Waals surface area contributed by atoms with Crippen LogP contribution in [-0.4, -0.2) is 11.5 Å².